The molecule has 1 aliphatic rings. The van der Waals surface area contributed by atoms with E-state index in [2.05, 4.69) is 51.1 Å². The summed E-state index contributed by atoms with van der Waals surface area (Å²) < 4.78 is 13.5. The Morgan fingerprint density at radius 3 is 1.10 bits per heavy atom. The molecule has 1 aliphatic carbocycles. The van der Waals surface area contributed by atoms with Crippen LogP contribution in [0.2, 0.25) is 0 Å². The van der Waals surface area contributed by atoms with Crippen molar-refractivity contribution in [2.75, 3.05) is 0 Å². The molecule has 86 heavy (non-hydrogen) atoms. The van der Waals surface area contributed by atoms with E-state index in [0.29, 0.717) is 113 Å². The van der Waals surface area contributed by atoms with E-state index < -0.39 is 9.85 Å². The molecule has 0 saturated heterocycles. The number of ether oxygens (including phenoxy) is 2. The zero-order valence-electron chi connectivity index (χ0n) is 47.0. The second-order valence-corrected chi connectivity index (χ2v) is 20.7. The number of phenols is 2. The SMILES string of the molecule is Cc1cccc(N=Nc2c(N=Nc3cc4c(O)c(c3)Cc3cccc(c3OCc3ccc([N+](=O)[O-])cc3)Cc3cc(N=Nc5n[nH]c(C)c5N=Nc5cccc(C)c5)cc(c3O)Cc3cccc(c3OCc3ccc([N+](=O)[O-])cc3)C4)n[nH]c2C)c1. The number of benzene rings is 8. The first-order valence-electron chi connectivity index (χ1n) is 27.2. The van der Waals surface area contributed by atoms with Crippen molar-refractivity contribution in [1.29, 1.82) is 0 Å². The Labute approximate surface area is 491 Å². The topological polar surface area (TPSA) is 301 Å². The summed E-state index contributed by atoms with van der Waals surface area (Å²) in [6, 6.07) is 45.6. The zero-order chi connectivity index (χ0) is 59.8. The molecule has 0 atom stereocenters. The summed E-state index contributed by atoms with van der Waals surface area (Å²) in [5, 5.41) is 99.4. The number of fused-ring (bicyclic) bond motifs is 8. The number of phenolic OH excluding ortho intramolecular Hbond substituents is 2. The summed E-state index contributed by atoms with van der Waals surface area (Å²) in [5.41, 5.74) is 11.7. The van der Waals surface area contributed by atoms with E-state index in [0.717, 1.165) is 11.1 Å². The number of hydrogen-bond acceptors (Lipinski definition) is 18. The predicted octanol–water partition coefficient (Wildman–Crippen LogP) is 17.1. The van der Waals surface area contributed by atoms with Gasteiger partial charge in [0.1, 0.15) is 36.2 Å². The number of H-pyrrole nitrogens is 2. The van der Waals surface area contributed by atoms with Crippen molar-refractivity contribution in [3.8, 4) is 23.0 Å². The number of non-ortho nitro benzene ring substituents is 2. The number of aromatic amines is 2. The molecule has 0 saturated carbocycles. The van der Waals surface area contributed by atoms with E-state index in [1.165, 1.54) is 24.3 Å². The van der Waals surface area contributed by atoms with Gasteiger partial charge in [0, 0.05) is 72.2 Å². The first-order valence-corrected chi connectivity index (χ1v) is 27.2. The highest BCUT2D eigenvalue weighted by Gasteiger charge is 2.23. The Kier molecular flexibility index (Phi) is 16.4. The van der Waals surface area contributed by atoms with Crippen molar-refractivity contribution in [2.24, 2.45) is 40.9 Å². The highest BCUT2D eigenvalue weighted by molar-refractivity contribution is 5.64. The number of nitro groups is 2. The van der Waals surface area contributed by atoms with Gasteiger partial charge in [0.05, 0.1) is 44.0 Å². The minimum atomic E-state index is -0.467. The monoisotopic (exact) mass is 1150 g/mol. The van der Waals surface area contributed by atoms with E-state index in [-0.39, 0.29) is 73.4 Å². The summed E-state index contributed by atoms with van der Waals surface area (Å²) in [6.45, 7) is 7.57. The van der Waals surface area contributed by atoms with Crippen LogP contribution >= 0.6 is 0 Å². The fraction of sp³-hybridized carbons (Fsp3) is 0.156. The minimum Gasteiger partial charge on any atom is -0.507 e. The molecule has 0 spiro atoms. The summed E-state index contributed by atoms with van der Waals surface area (Å²) in [4.78, 5) is 22.3. The molecule has 0 unspecified atom stereocenters. The Hall–Kier alpha value is -11.4. The number of hydrogen-bond donors (Lipinski definition) is 4. The van der Waals surface area contributed by atoms with Crippen LogP contribution in [0, 0.1) is 47.9 Å². The molecule has 0 aliphatic heterocycles. The highest BCUT2D eigenvalue weighted by atomic mass is 16.6. The van der Waals surface area contributed by atoms with Crippen molar-refractivity contribution < 1.29 is 29.5 Å². The van der Waals surface area contributed by atoms with Crippen molar-refractivity contribution in [3.63, 3.8) is 0 Å². The summed E-state index contributed by atoms with van der Waals surface area (Å²) in [7, 11) is 0. The number of nitro benzene ring substituents is 2. The van der Waals surface area contributed by atoms with Gasteiger partial charge in [-0.15, -0.1) is 30.7 Å². The molecule has 0 amide bonds. The van der Waals surface area contributed by atoms with Crippen LogP contribution in [0.15, 0.2) is 199 Å². The molecule has 11 rings (SSSR count). The summed E-state index contributed by atoms with van der Waals surface area (Å²) in [6.07, 6.45) is 0.408. The summed E-state index contributed by atoms with van der Waals surface area (Å²) in [5.74, 6) is 1.21. The van der Waals surface area contributed by atoms with Gasteiger partial charge in [-0.1, -0.05) is 60.7 Å². The number of aryl methyl sites for hydroxylation is 4. The quantitative estimate of drug-likeness (QED) is 0.0403. The largest absolute Gasteiger partial charge is 0.507 e. The summed E-state index contributed by atoms with van der Waals surface area (Å²) >= 11 is 0. The third-order valence-corrected chi connectivity index (χ3v) is 14.3. The van der Waals surface area contributed by atoms with E-state index in [1.54, 1.807) is 62.4 Å². The maximum atomic E-state index is 12.6. The maximum absolute atomic E-state index is 12.6. The van der Waals surface area contributed by atoms with Crippen LogP contribution in [0.3, 0.4) is 0 Å². The van der Waals surface area contributed by atoms with Gasteiger partial charge in [-0.3, -0.25) is 30.4 Å². The van der Waals surface area contributed by atoms with Crippen LogP contribution in [0.4, 0.5) is 57.1 Å². The van der Waals surface area contributed by atoms with Gasteiger partial charge in [0.2, 0.25) is 11.6 Å². The Balaban J connectivity index is 1.04. The lowest BCUT2D eigenvalue weighted by molar-refractivity contribution is -0.385. The van der Waals surface area contributed by atoms with Crippen LogP contribution in [0.5, 0.6) is 23.0 Å². The van der Waals surface area contributed by atoms with Crippen molar-refractivity contribution in [1.82, 2.24) is 20.4 Å². The van der Waals surface area contributed by atoms with Gasteiger partial charge in [0.25, 0.3) is 11.4 Å². The molecular weight excluding hydrogens is 1090 g/mol. The molecule has 22 nitrogen and oxygen atoms in total. The van der Waals surface area contributed by atoms with Crippen LogP contribution in [-0.4, -0.2) is 40.5 Å². The van der Waals surface area contributed by atoms with Crippen LogP contribution in [0.1, 0.15) is 78.1 Å². The smallest absolute Gasteiger partial charge is 0.269 e. The third kappa shape index (κ3) is 13.1. The molecule has 8 aromatic carbocycles. The van der Waals surface area contributed by atoms with Crippen molar-refractivity contribution in [3.05, 3.63) is 256 Å². The molecule has 2 heterocycles. The molecule has 428 valence electrons. The van der Waals surface area contributed by atoms with Crippen molar-refractivity contribution >= 4 is 57.1 Å². The van der Waals surface area contributed by atoms with Crippen LogP contribution < -0.4 is 9.47 Å². The molecule has 4 N–H and O–H groups in total. The minimum absolute atomic E-state index is 0.00946. The van der Waals surface area contributed by atoms with E-state index in [4.69, 9.17) is 19.7 Å². The number of nitrogens with one attached hydrogen (secondary N) is 2. The Bertz CT molecular complexity index is 3980. The predicted molar refractivity (Wildman–Crippen MR) is 321 cm³/mol. The number of rotatable bonds is 16. The fourth-order valence-electron chi connectivity index (χ4n) is 9.91. The number of aromatic hydroxyl groups is 2. The fourth-order valence-corrected chi connectivity index (χ4v) is 9.91. The molecule has 0 radical (unpaired) electrons. The van der Waals surface area contributed by atoms with Gasteiger partial charge < -0.3 is 19.7 Å². The van der Waals surface area contributed by atoms with Crippen LogP contribution in [0.25, 0.3) is 0 Å². The average molecular weight is 1150 g/mol. The lowest BCUT2D eigenvalue weighted by Crippen LogP contribution is -2.06. The van der Waals surface area contributed by atoms with Gasteiger partial charge in [-0.05, 0) is 145 Å². The third-order valence-electron chi connectivity index (χ3n) is 14.3. The lowest BCUT2D eigenvalue weighted by atomic mass is 9.91. The molecular formula is C64H54N14O8. The Morgan fingerprint density at radius 1 is 0.430 bits per heavy atom. The standard InChI is InChI=1S/C64H54N14O8/c1-37-9-5-15-51(25-37)67-71-57-39(3)65-73-63(57)75-69-53-31-47-27-43-11-7-13-45(61(43)85-35-41-17-21-55(22-18-41)77(81)82)29-49-33-54(70-76-64-58(40(4)66-74-64)72-68-52-16-6-10-38(2)26-52)34-50(60(49)80)30-46-14-8-12-44(28-48(32-53)59(47)79)62(46)86-36-42-19-23-56(24-20-42)78(83)84/h5-26,31-34,79-80H,27-30,35-36H2,1-4H3,(H,65,73)(H,66,74). The van der Waals surface area contributed by atoms with E-state index in [1.807, 2.05) is 98.8 Å². The first-order chi connectivity index (χ1) is 41.7. The maximum Gasteiger partial charge on any atom is 0.269 e. The van der Waals surface area contributed by atoms with Crippen LogP contribution in [-0.2, 0) is 38.9 Å². The van der Waals surface area contributed by atoms with E-state index >= 15 is 0 Å². The zero-order valence-corrected chi connectivity index (χ0v) is 47.0. The second-order valence-electron chi connectivity index (χ2n) is 20.7. The number of aromatic nitrogens is 4. The highest BCUT2D eigenvalue weighted by Crippen LogP contribution is 2.43. The molecule has 2 aromatic heterocycles. The Morgan fingerprint density at radius 2 is 0.767 bits per heavy atom. The van der Waals surface area contributed by atoms with Gasteiger partial charge in [-0.25, -0.2) is 0 Å². The number of para-hydroxylation sites is 2. The average Bonchev–Trinajstić information content (AvgIpc) is 3.10. The number of azo groups is 4. The molecule has 0 fully saturated rings. The van der Waals surface area contributed by atoms with Crippen molar-refractivity contribution in [2.45, 2.75) is 66.6 Å². The van der Waals surface area contributed by atoms with E-state index in [9.17, 15) is 30.4 Å². The molecule has 10 aromatic rings. The lowest BCUT2D eigenvalue weighted by Gasteiger charge is -2.21. The normalized spacial score (nSPS) is 12.4. The molecule has 8 bridgehead atoms. The van der Waals surface area contributed by atoms with Gasteiger partial charge in [0.15, 0.2) is 11.4 Å². The van der Waals surface area contributed by atoms with Gasteiger partial charge in [-0.2, -0.15) is 20.4 Å². The first kappa shape index (κ1) is 56.4. The number of nitrogens with zero attached hydrogens (tertiary/aromatic N) is 12. The molecule has 22 heteroatoms. The second kappa shape index (κ2) is 25.0. The van der Waals surface area contributed by atoms with Gasteiger partial charge >= 0.3 is 0 Å².